The van der Waals surface area contributed by atoms with Crippen LogP contribution >= 0.6 is 11.3 Å². The van der Waals surface area contributed by atoms with Crippen molar-refractivity contribution in [2.45, 2.75) is 27.7 Å². The minimum absolute atomic E-state index is 0.256. The average Bonchev–Trinajstić information content (AvgIpc) is 2.97. The number of aryl methyl sites for hydroxylation is 4. The maximum atomic E-state index is 13.2. The summed E-state index contributed by atoms with van der Waals surface area (Å²) in [7, 11) is 1.59. The number of rotatable bonds is 3. The van der Waals surface area contributed by atoms with Crippen LogP contribution in [0, 0.1) is 33.5 Å². The summed E-state index contributed by atoms with van der Waals surface area (Å²) in [4.78, 5) is 30.1. The first-order valence-corrected chi connectivity index (χ1v) is 9.10. The van der Waals surface area contributed by atoms with E-state index in [0.29, 0.717) is 32.4 Å². The van der Waals surface area contributed by atoms with Crippen LogP contribution in [0.2, 0.25) is 0 Å². The van der Waals surface area contributed by atoms with Crippen molar-refractivity contribution in [3.63, 3.8) is 0 Å². The van der Waals surface area contributed by atoms with Gasteiger partial charge in [-0.2, -0.15) is 5.10 Å². The second kappa shape index (κ2) is 7.03. The molecule has 3 rings (SSSR count). The van der Waals surface area contributed by atoms with Crippen LogP contribution in [-0.2, 0) is 7.05 Å². The highest BCUT2D eigenvalue weighted by Crippen LogP contribution is 2.29. The zero-order valence-electron chi connectivity index (χ0n) is 15.7. The first-order valence-electron chi connectivity index (χ1n) is 8.29. The van der Waals surface area contributed by atoms with E-state index in [1.165, 1.54) is 22.9 Å². The van der Waals surface area contributed by atoms with E-state index in [1.54, 1.807) is 20.9 Å². The van der Waals surface area contributed by atoms with Gasteiger partial charge < -0.3 is 5.32 Å². The van der Waals surface area contributed by atoms with E-state index in [0.717, 1.165) is 22.6 Å². The number of thiazole rings is 1. The molecule has 1 aromatic carbocycles. The van der Waals surface area contributed by atoms with Crippen LogP contribution in [0.1, 0.15) is 32.2 Å². The van der Waals surface area contributed by atoms with Crippen LogP contribution in [0.25, 0.3) is 10.6 Å². The molecule has 6 nitrogen and oxygen atoms in total. The molecule has 0 radical (unpaired) electrons. The van der Waals surface area contributed by atoms with Gasteiger partial charge in [-0.25, -0.2) is 14.1 Å². The molecule has 140 valence electrons. The predicted molar refractivity (Wildman–Crippen MR) is 104 cm³/mol. The Morgan fingerprint density at radius 1 is 1.19 bits per heavy atom. The molecule has 2 aromatic heterocycles. The number of carbonyl (C=O) groups is 1. The number of benzene rings is 1. The van der Waals surface area contributed by atoms with Crippen LogP contribution in [0.5, 0.6) is 0 Å². The lowest BCUT2D eigenvalue weighted by Crippen LogP contribution is -2.23. The number of nitrogens with zero attached hydrogens (tertiary/aromatic N) is 3. The SMILES string of the molecule is Cc1cc(F)ccc1NC(=O)c1sc(-c2c(C)c(C)nn(C)c2=O)nc1C. The molecule has 0 aliphatic heterocycles. The molecule has 0 bridgehead atoms. The van der Waals surface area contributed by atoms with Crippen molar-refractivity contribution >= 4 is 22.9 Å². The molecule has 0 saturated carbocycles. The summed E-state index contributed by atoms with van der Waals surface area (Å²) in [6, 6.07) is 4.17. The van der Waals surface area contributed by atoms with Gasteiger partial charge in [0.25, 0.3) is 11.5 Å². The van der Waals surface area contributed by atoms with Gasteiger partial charge in [0.1, 0.15) is 15.7 Å². The van der Waals surface area contributed by atoms with E-state index < -0.39 is 0 Å². The number of halogens is 1. The van der Waals surface area contributed by atoms with Crippen molar-refractivity contribution in [2.24, 2.45) is 7.05 Å². The summed E-state index contributed by atoms with van der Waals surface area (Å²) in [5.41, 5.74) is 3.36. The van der Waals surface area contributed by atoms with Gasteiger partial charge >= 0.3 is 0 Å². The van der Waals surface area contributed by atoms with Crippen LogP contribution in [-0.4, -0.2) is 20.7 Å². The smallest absolute Gasteiger partial charge is 0.277 e. The lowest BCUT2D eigenvalue weighted by atomic mass is 10.1. The molecule has 0 spiro atoms. The molecule has 0 aliphatic carbocycles. The summed E-state index contributed by atoms with van der Waals surface area (Å²) < 4.78 is 14.5. The quantitative estimate of drug-likeness (QED) is 0.747. The van der Waals surface area contributed by atoms with E-state index in [4.69, 9.17) is 0 Å². The third-order valence-corrected chi connectivity index (χ3v) is 5.55. The maximum absolute atomic E-state index is 13.2. The largest absolute Gasteiger partial charge is 0.321 e. The van der Waals surface area contributed by atoms with E-state index in [1.807, 2.05) is 13.8 Å². The molecule has 2 heterocycles. The molecule has 8 heteroatoms. The molecule has 1 N–H and O–H groups in total. The Labute approximate surface area is 159 Å². The zero-order valence-corrected chi connectivity index (χ0v) is 16.5. The summed E-state index contributed by atoms with van der Waals surface area (Å²) in [5, 5.41) is 7.43. The predicted octanol–water partition coefficient (Wildman–Crippen LogP) is 3.53. The van der Waals surface area contributed by atoms with Crippen molar-refractivity contribution in [1.29, 1.82) is 0 Å². The fourth-order valence-corrected chi connectivity index (χ4v) is 3.82. The Bertz CT molecular complexity index is 1120. The topological polar surface area (TPSA) is 76.9 Å². The number of nitrogens with one attached hydrogen (secondary N) is 1. The molecule has 0 aliphatic rings. The number of anilines is 1. The number of carbonyl (C=O) groups excluding carboxylic acids is 1. The van der Waals surface area contributed by atoms with E-state index in [-0.39, 0.29) is 17.3 Å². The normalized spacial score (nSPS) is 10.9. The van der Waals surface area contributed by atoms with Gasteiger partial charge in [-0.05, 0) is 57.0 Å². The van der Waals surface area contributed by atoms with Gasteiger partial charge in [-0.1, -0.05) is 0 Å². The fourth-order valence-electron chi connectivity index (χ4n) is 2.76. The summed E-state index contributed by atoms with van der Waals surface area (Å²) >= 11 is 1.16. The first kappa shape index (κ1) is 18.9. The van der Waals surface area contributed by atoms with Crippen LogP contribution in [0.15, 0.2) is 23.0 Å². The molecule has 0 fully saturated rings. The lowest BCUT2D eigenvalue weighted by Gasteiger charge is -2.08. The van der Waals surface area contributed by atoms with Gasteiger partial charge in [0.05, 0.1) is 17.0 Å². The Balaban J connectivity index is 2.00. The van der Waals surface area contributed by atoms with Gasteiger partial charge in [-0.15, -0.1) is 11.3 Å². The molecule has 0 unspecified atom stereocenters. The highest BCUT2D eigenvalue weighted by atomic mass is 32.1. The minimum atomic E-state index is -0.360. The maximum Gasteiger partial charge on any atom is 0.277 e. The summed E-state index contributed by atoms with van der Waals surface area (Å²) in [6.45, 7) is 7.08. The van der Waals surface area contributed by atoms with E-state index >= 15 is 0 Å². The number of amides is 1. The Morgan fingerprint density at radius 3 is 2.56 bits per heavy atom. The van der Waals surface area contributed by atoms with Crippen LogP contribution in [0.3, 0.4) is 0 Å². The van der Waals surface area contributed by atoms with Crippen molar-refractivity contribution in [3.05, 3.63) is 61.8 Å². The molecular formula is C19H19FN4O2S. The molecule has 1 amide bonds. The first-order chi connectivity index (χ1) is 12.7. The van der Waals surface area contributed by atoms with Crippen molar-refractivity contribution in [1.82, 2.24) is 14.8 Å². The third kappa shape index (κ3) is 3.52. The Kier molecular flexibility index (Phi) is 4.93. The van der Waals surface area contributed by atoms with Gasteiger partial charge in [0.15, 0.2) is 0 Å². The van der Waals surface area contributed by atoms with E-state index in [9.17, 15) is 14.0 Å². The highest BCUT2D eigenvalue weighted by Gasteiger charge is 2.21. The molecular weight excluding hydrogens is 367 g/mol. The fraction of sp³-hybridized carbons (Fsp3) is 0.263. The second-order valence-electron chi connectivity index (χ2n) is 6.36. The average molecular weight is 386 g/mol. The summed E-state index contributed by atoms with van der Waals surface area (Å²) in [6.07, 6.45) is 0. The Morgan fingerprint density at radius 2 is 1.89 bits per heavy atom. The lowest BCUT2D eigenvalue weighted by molar-refractivity contribution is 0.102. The second-order valence-corrected chi connectivity index (χ2v) is 7.36. The number of hydrogen-bond donors (Lipinski definition) is 1. The molecule has 27 heavy (non-hydrogen) atoms. The van der Waals surface area contributed by atoms with Crippen molar-refractivity contribution in [2.75, 3.05) is 5.32 Å². The van der Waals surface area contributed by atoms with Crippen molar-refractivity contribution in [3.8, 4) is 10.6 Å². The van der Waals surface area contributed by atoms with Gasteiger partial charge in [0, 0.05) is 12.7 Å². The van der Waals surface area contributed by atoms with E-state index in [2.05, 4.69) is 15.4 Å². The zero-order chi connectivity index (χ0) is 19.9. The Hall–Kier alpha value is -2.87. The monoisotopic (exact) mass is 386 g/mol. The number of aromatic nitrogens is 3. The van der Waals surface area contributed by atoms with Crippen molar-refractivity contribution < 1.29 is 9.18 Å². The van der Waals surface area contributed by atoms with Crippen LogP contribution < -0.4 is 10.9 Å². The standard InChI is InChI=1S/C19H19FN4O2S/c1-9-8-13(20)6-7-14(9)22-17(25)16-12(4)21-18(27-16)15-10(2)11(3)23-24(5)19(15)26/h6-8H,1-5H3,(H,22,25). The minimum Gasteiger partial charge on any atom is -0.321 e. The number of hydrogen-bond acceptors (Lipinski definition) is 5. The van der Waals surface area contributed by atoms with Gasteiger partial charge in [0.2, 0.25) is 0 Å². The third-order valence-electron chi connectivity index (χ3n) is 4.38. The molecule has 0 saturated heterocycles. The summed E-state index contributed by atoms with van der Waals surface area (Å²) in [5.74, 6) is -0.702. The van der Waals surface area contributed by atoms with Crippen LogP contribution in [0.4, 0.5) is 10.1 Å². The molecule has 3 aromatic rings. The highest BCUT2D eigenvalue weighted by molar-refractivity contribution is 7.17. The van der Waals surface area contributed by atoms with Gasteiger partial charge in [-0.3, -0.25) is 9.59 Å². The molecule has 0 atom stereocenters.